The topological polar surface area (TPSA) is 18.5 Å². The molecule has 6 heteroatoms. The maximum Gasteiger partial charge on any atom is 0.128 e. The van der Waals surface area contributed by atoms with Crippen molar-refractivity contribution in [2.24, 2.45) is 0 Å². The van der Waals surface area contributed by atoms with Gasteiger partial charge in [-0.2, -0.15) is 0 Å². The van der Waals surface area contributed by atoms with E-state index in [1.165, 1.54) is 63.2 Å². The maximum atomic E-state index is 6.00. The third kappa shape index (κ3) is 16.9. The molecule has 0 aliphatic carbocycles. The third-order valence-corrected chi connectivity index (χ3v) is 7.83. The molecule has 2 rings (SSSR count). The van der Waals surface area contributed by atoms with Crippen molar-refractivity contribution in [3.8, 4) is 11.5 Å². The summed E-state index contributed by atoms with van der Waals surface area (Å²) in [5.41, 5.74) is 2.34. The molecule has 0 saturated carbocycles. The standard InChI is InChI=1S/C36H64N4O2/c1-37(2,3)27-29-39(7,8)25-11-13-31-41-35-21-17-33(18-22-35)15-16-34-19-23-36(24-20-34)42-32-14-12-26-40(9,10)30-28-38(4,5)6/h15-24H,11-14,25-32H2,1-10H3/q+4/b16-15+. The molecular weight excluding hydrogens is 520 g/mol. The Morgan fingerprint density at radius 2 is 0.762 bits per heavy atom. The average molecular weight is 585 g/mol. The summed E-state index contributed by atoms with van der Waals surface area (Å²) in [6.07, 6.45) is 8.83. The summed E-state index contributed by atoms with van der Waals surface area (Å²) in [4.78, 5) is 0. The molecule has 0 heterocycles. The average Bonchev–Trinajstić information content (AvgIpc) is 2.90. The van der Waals surface area contributed by atoms with E-state index in [0.717, 1.165) is 55.5 Å². The number of ether oxygens (including phenoxy) is 2. The molecule has 0 saturated heterocycles. The summed E-state index contributed by atoms with van der Waals surface area (Å²) in [7, 11) is 22.9. The summed E-state index contributed by atoms with van der Waals surface area (Å²) in [5.74, 6) is 1.89. The van der Waals surface area contributed by atoms with Crippen molar-refractivity contribution in [3.63, 3.8) is 0 Å². The molecule has 0 atom stereocenters. The summed E-state index contributed by atoms with van der Waals surface area (Å²) in [5, 5.41) is 0. The maximum absolute atomic E-state index is 6.00. The van der Waals surface area contributed by atoms with Crippen LogP contribution in [0.5, 0.6) is 11.5 Å². The van der Waals surface area contributed by atoms with E-state index < -0.39 is 0 Å². The minimum atomic E-state index is 0.771. The number of hydrogen-bond acceptors (Lipinski definition) is 2. The highest BCUT2D eigenvalue weighted by Gasteiger charge is 2.20. The fourth-order valence-electron chi connectivity index (χ4n) is 4.57. The molecule has 0 fully saturated rings. The molecule has 0 N–H and O–H groups in total. The van der Waals surface area contributed by atoms with Crippen LogP contribution in [0.2, 0.25) is 0 Å². The van der Waals surface area contributed by atoms with Crippen LogP contribution in [0.25, 0.3) is 12.2 Å². The highest BCUT2D eigenvalue weighted by molar-refractivity contribution is 5.70. The monoisotopic (exact) mass is 585 g/mol. The fraction of sp³-hybridized carbons (Fsp3) is 0.611. The van der Waals surface area contributed by atoms with Crippen molar-refractivity contribution in [3.05, 3.63) is 59.7 Å². The van der Waals surface area contributed by atoms with Crippen LogP contribution in [0, 0.1) is 0 Å². The lowest BCUT2D eigenvalue weighted by Gasteiger charge is -2.33. The zero-order chi connectivity index (χ0) is 31.3. The number of hydrogen-bond donors (Lipinski definition) is 0. The second-order valence-corrected chi connectivity index (χ2v) is 15.4. The van der Waals surface area contributed by atoms with Gasteiger partial charge in [-0.1, -0.05) is 36.4 Å². The Bertz CT molecular complexity index is 960. The molecule has 0 aliphatic heterocycles. The first-order chi connectivity index (χ1) is 19.5. The first-order valence-corrected chi connectivity index (χ1v) is 15.9. The summed E-state index contributed by atoms with van der Waals surface area (Å²) in [6, 6.07) is 16.8. The van der Waals surface area contributed by atoms with Crippen LogP contribution < -0.4 is 9.47 Å². The lowest BCUT2D eigenvalue weighted by molar-refractivity contribution is -0.937. The zero-order valence-corrected chi connectivity index (χ0v) is 28.9. The second kappa shape index (κ2) is 16.5. The van der Waals surface area contributed by atoms with Crippen molar-refractivity contribution in [1.29, 1.82) is 0 Å². The first-order valence-electron chi connectivity index (χ1n) is 15.9. The Balaban J connectivity index is 1.65. The van der Waals surface area contributed by atoms with Gasteiger partial charge in [-0.3, -0.25) is 0 Å². The van der Waals surface area contributed by atoms with Crippen LogP contribution in [0.3, 0.4) is 0 Å². The number of rotatable bonds is 20. The molecule has 42 heavy (non-hydrogen) atoms. The van der Waals surface area contributed by atoms with Gasteiger partial charge in [0.05, 0.1) is 96.8 Å². The van der Waals surface area contributed by atoms with Crippen LogP contribution in [-0.4, -0.2) is 141 Å². The molecule has 0 amide bonds. The molecule has 2 aromatic carbocycles. The van der Waals surface area contributed by atoms with E-state index in [0.29, 0.717) is 0 Å². The molecular formula is C36H64N4O2+4. The predicted octanol–water partition coefficient (Wildman–Crippen LogP) is 5.74. The molecule has 236 valence electrons. The Kier molecular flexibility index (Phi) is 14.0. The summed E-state index contributed by atoms with van der Waals surface area (Å²) < 4.78 is 16.2. The van der Waals surface area contributed by atoms with E-state index in [1.807, 2.05) is 0 Å². The van der Waals surface area contributed by atoms with E-state index in [-0.39, 0.29) is 0 Å². The lowest BCUT2D eigenvalue weighted by atomic mass is 10.1. The first kappa shape index (κ1) is 35.8. The molecule has 0 spiro atoms. The molecule has 0 unspecified atom stereocenters. The fourth-order valence-corrected chi connectivity index (χ4v) is 4.57. The van der Waals surface area contributed by atoms with Crippen LogP contribution in [0.4, 0.5) is 0 Å². The summed E-state index contributed by atoms with van der Waals surface area (Å²) in [6.45, 7) is 8.72. The second-order valence-electron chi connectivity index (χ2n) is 15.4. The van der Waals surface area contributed by atoms with Gasteiger partial charge in [0.1, 0.15) is 37.7 Å². The SMILES string of the molecule is C[N+](C)(C)CC[N+](C)(C)CCCCOc1ccc(/C=C/c2ccc(OCCCC[N+](C)(C)CC[N+](C)(C)C)cc2)cc1. The normalized spacial score (nSPS) is 13.1. The van der Waals surface area contributed by atoms with Gasteiger partial charge in [0.2, 0.25) is 0 Å². The van der Waals surface area contributed by atoms with Crippen LogP contribution in [0.1, 0.15) is 36.8 Å². The number of benzene rings is 2. The Morgan fingerprint density at radius 1 is 0.429 bits per heavy atom. The number of quaternary nitrogens is 4. The van der Waals surface area contributed by atoms with Gasteiger partial charge >= 0.3 is 0 Å². The van der Waals surface area contributed by atoms with Gasteiger partial charge in [0.15, 0.2) is 0 Å². The van der Waals surface area contributed by atoms with Gasteiger partial charge < -0.3 is 27.4 Å². The highest BCUT2D eigenvalue weighted by atomic mass is 16.5. The van der Waals surface area contributed by atoms with E-state index in [1.54, 1.807) is 0 Å². The van der Waals surface area contributed by atoms with Crippen LogP contribution >= 0.6 is 0 Å². The van der Waals surface area contributed by atoms with Crippen molar-refractivity contribution in [1.82, 2.24) is 0 Å². The van der Waals surface area contributed by atoms with E-state index in [2.05, 4.69) is 131 Å². The van der Waals surface area contributed by atoms with Gasteiger partial charge in [0, 0.05) is 0 Å². The van der Waals surface area contributed by atoms with E-state index >= 15 is 0 Å². The van der Waals surface area contributed by atoms with Crippen LogP contribution in [-0.2, 0) is 0 Å². The zero-order valence-electron chi connectivity index (χ0n) is 28.9. The quantitative estimate of drug-likeness (QED) is 0.112. The van der Waals surface area contributed by atoms with E-state index in [9.17, 15) is 0 Å². The van der Waals surface area contributed by atoms with Gasteiger partial charge in [-0.05, 0) is 61.1 Å². The van der Waals surface area contributed by atoms with Crippen molar-refractivity contribution >= 4 is 12.2 Å². The predicted molar refractivity (Wildman–Crippen MR) is 181 cm³/mol. The number of likely N-dealkylation sites (N-methyl/N-ethyl adjacent to an activating group) is 4. The summed E-state index contributed by atoms with van der Waals surface area (Å²) >= 11 is 0. The molecule has 6 nitrogen and oxygen atoms in total. The van der Waals surface area contributed by atoms with Gasteiger partial charge in [0.25, 0.3) is 0 Å². The molecule has 2 aromatic rings. The van der Waals surface area contributed by atoms with Gasteiger partial charge in [-0.25, -0.2) is 0 Å². The Morgan fingerprint density at radius 3 is 1.07 bits per heavy atom. The highest BCUT2D eigenvalue weighted by Crippen LogP contribution is 2.18. The molecule has 0 radical (unpaired) electrons. The van der Waals surface area contributed by atoms with E-state index in [4.69, 9.17) is 9.47 Å². The molecule has 0 aliphatic rings. The minimum absolute atomic E-state index is 0.771. The Hall–Kier alpha value is -2.38. The third-order valence-electron chi connectivity index (χ3n) is 7.83. The van der Waals surface area contributed by atoms with Crippen molar-refractivity contribution < 1.29 is 27.4 Å². The van der Waals surface area contributed by atoms with Gasteiger partial charge in [-0.15, -0.1) is 0 Å². The lowest BCUT2D eigenvalue weighted by Crippen LogP contribution is -2.49. The number of nitrogens with zero attached hydrogens (tertiary/aromatic N) is 4. The minimum Gasteiger partial charge on any atom is -0.494 e. The Labute approximate surface area is 259 Å². The number of unbranched alkanes of at least 4 members (excludes halogenated alkanes) is 2. The molecule has 0 bridgehead atoms. The van der Waals surface area contributed by atoms with Crippen molar-refractivity contribution in [2.45, 2.75) is 25.7 Å². The largest absolute Gasteiger partial charge is 0.494 e. The smallest absolute Gasteiger partial charge is 0.128 e. The molecule has 0 aromatic heterocycles. The van der Waals surface area contributed by atoms with Crippen LogP contribution in [0.15, 0.2) is 48.5 Å². The van der Waals surface area contributed by atoms with Crippen molar-refractivity contribution in [2.75, 3.05) is 123 Å².